The summed E-state index contributed by atoms with van der Waals surface area (Å²) in [5, 5.41) is 10.3. The molecule has 9 nitrogen and oxygen atoms in total. The molecule has 0 radical (unpaired) electrons. The third-order valence-electron chi connectivity index (χ3n) is 4.59. The van der Waals surface area contributed by atoms with Gasteiger partial charge in [-0.05, 0) is 62.4 Å². The number of hydroxylamine groups is 2. The third kappa shape index (κ3) is 5.95. The van der Waals surface area contributed by atoms with Gasteiger partial charge in [0, 0.05) is 0 Å². The lowest BCUT2D eigenvalue weighted by atomic mass is 10.3. The monoisotopic (exact) mass is 451 g/mol. The third-order valence-corrected chi connectivity index (χ3v) is 6.30. The van der Waals surface area contributed by atoms with Crippen LogP contribution in [-0.4, -0.2) is 62.5 Å². The van der Waals surface area contributed by atoms with Gasteiger partial charge in [0.05, 0.1) is 30.9 Å². The Morgan fingerprint density at radius 1 is 1.10 bits per heavy atom. The Kier molecular flexibility index (Phi) is 6.85. The first-order valence-corrected chi connectivity index (χ1v) is 11.2. The molecule has 31 heavy (non-hydrogen) atoms. The molecule has 1 amide bonds. The number of benzene rings is 2. The topological polar surface area (TPSA) is 112 Å². The first kappa shape index (κ1) is 23.0. The summed E-state index contributed by atoms with van der Waals surface area (Å²) in [5.41, 5.74) is 0. The van der Waals surface area contributed by atoms with Crippen molar-refractivity contribution in [1.29, 1.82) is 0 Å². The highest BCUT2D eigenvalue weighted by Gasteiger charge is 2.39. The maximum Gasteiger partial charge on any atom is 0.277 e. The fraction of sp³-hybridized carbons (Fsp3) is 0.381. The number of amides is 1. The minimum Gasteiger partial charge on any atom is -0.497 e. The van der Waals surface area contributed by atoms with Crippen molar-refractivity contribution in [3.63, 3.8) is 0 Å². The molecule has 0 spiro atoms. The van der Waals surface area contributed by atoms with Crippen molar-refractivity contribution >= 4 is 15.7 Å². The van der Waals surface area contributed by atoms with Gasteiger partial charge in [0.25, 0.3) is 5.91 Å². The first-order chi connectivity index (χ1) is 14.6. The lowest BCUT2D eigenvalue weighted by molar-refractivity contribution is -0.184. The number of hydrogen-bond acceptors (Lipinski definition) is 8. The largest absolute Gasteiger partial charge is 0.497 e. The van der Waals surface area contributed by atoms with E-state index in [4.69, 9.17) is 18.9 Å². The molecule has 0 unspecified atom stereocenters. The van der Waals surface area contributed by atoms with Crippen LogP contribution in [0.3, 0.4) is 0 Å². The molecule has 0 saturated carbocycles. The molecule has 2 aromatic rings. The Hall–Kier alpha value is -2.66. The van der Waals surface area contributed by atoms with Crippen LogP contribution in [0.25, 0.3) is 0 Å². The molecule has 0 bridgehead atoms. The Bertz CT molecular complexity index is 1000. The minimum atomic E-state index is -3.73. The Morgan fingerprint density at radius 3 is 2.16 bits per heavy atom. The average molecular weight is 451 g/mol. The van der Waals surface area contributed by atoms with Gasteiger partial charge in [0.15, 0.2) is 21.7 Å². The lowest BCUT2D eigenvalue weighted by Gasteiger charge is -2.20. The number of rotatable bonds is 8. The highest BCUT2D eigenvalue weighted by Crippen LogP contribution is 2.26. The van der Waals surface area contributed by atoms with Gasteiger partial charge in [-0.2, -0.15) is 0 Å². The van der Waals surface area contributed by atoms with E-state index in [2.05, 4.69) is 0 Å². The fourth-order valence-corrected chi connectivity index (χ4v) is 4.10. The van der Waals surface area contributed by atoms with Crippen molar-refractivity contribution in [3.05, 3.63) is 48.5 Å². The van der Waals surface area contributed by atoms with Crippen LogP contribution in [0.2, 0.25) is 0 Å². The second-order valence-corrected chi connectivity index (χ2v) is 9.46. The number of nitrogens with zero attached hydrogens (tertiary/aromatic N) is 1. The fourth-order valence-electron chi connectivity index (χ4n) is 2.90. The van der Waals surface area contributed by atoms with Crippen LogP contribution in [0, 0.1) is 0 Å². The first-order valence-electron chi connectivity index (χ1n) is 9.56. The summed E-state index contributed by atoms with van der Waals surface area (Å²) in [6.45, 7) is 2.89. The molecule has 0 aliphatic carbocycles. The predicted molar refractivity (Wildman–Crippen MR) is 110 cm³/mol. The van der Waals surface area contributed by atoms with Crippen molar-refractivity contribution in [2.24, 2.45) is 0 Å². The van der Waals surface area contributed by atoms with Gasteiger partial charge in [0.1, 0.15) is 17.2 Å². The molecule has 1 saturated heterocycles. The number of hydrogen-bond donors (Lipinski definition) is 1. The van der Waals surface area contributed by atoms with E-state index in [0.717, 1.165) is 0 Å². The maximum absolute atomic E-state index is 12.6. The highest BCUT2D eigenvalue weighted by atomic mass is 32.2. The Morgan fingerprint density at radius 2 is 1.65 bits per heavy atom. The number of ether oxygens (including phenoxy) is 4. The highest BCUT2D eigenvalue weighted by molar-refractivity contribution is 7.91. The van der Waals surface area contributed by atoms with Gasteiger partial charge in [-0.3, -0.25) is 10.0 Å². The zero-order valence-electron chi connectivity index (χ0n) is 17.5. The van der Waals surface area contributed by atoms with E-state index in [1.54, 1.807) is 45.2 Å². The summed E-state index contributed by atoms with van der Waals surface area (Å²) >= 11 is 0. The number of carbonyl (C=O) groups is 1. The zero-order valence-corrected chi connectivity index (χ0v) is 18.3. The Balaban J connectivity index is 1.56. The molecule has 168 valence electrons. The van der Waals surface area contributed by atoms with Gasteiger partial charge in [-0.25, -0.2) is 13.5 Å². The molecular weight excluding hydrogens is 426 g/mol. The molecule has 0 aromatic heterocycles. The predicted octanol–water partition coefficient (Wildman–Crippen LogP) is 2.63. The zero-order chi connectivity index (χ0) is 22.6. The molecule has 1 aliphatic heterocycles. The van der Waals surface area contributed by atoms with E-state index in [1.807, 2.05) is 0 Å². The number of carbonyl (C=O) groups excluding carboxylic acids is 1. The van der Waals surface area contributed by atoms with E-state index in [-0.39, 0.29) is 11.5 Å². The van der Waals surface area contributed by atoms with Crippen molar-refractivity contribution in [1.82, 2.24) is 5.06 Å². The quantitative estimate of drug-likeness (QED) is 0.482. The van der Waals surface area contributed by atoms with Gasteiger partial charge in [-0.15, -0.1) is 0 Å². The minimum absolute atomic E-state index is 0.00863. The van der Waals surface area contributed by atoms with Gasteiger partial charge >= 0.3 is 0 Å². The van der Waals surface area contributed by atoms with E-state index in [0.29, 0.717) is 22.3 Å². The van der Waals surface area contributed by atoms with Crippen molar-refractivity contribution in [2.75, 3.05) is 26.0 Å². The lowest BCUT2D eigenvalue weighted by Crippen LogP contribution is -2.41. The number of methoxy groups -OCH3 is 1. The molecule has 1 aliphatic rings. The summed E-state index contributed by atoms with van der Waals surface area (Å²) in [7, 11) is -2.16. The van der Waals surface area contributed by atoms with E-state index < -0.39 is 39.9 Å². The van der Waals surface area contributed by atoms with Crippen molar-refractivity contribution in [3.8, 4) is 17.2 Å². The van der Waals surface area contributed by atoms with Crippen molar-refractivity contribution < 1.29 is 37.4 Å². The molecule has 3 rings (SSSR count). The Labute approximate surface area is 181 Å². The van der Waals surface area contributed by atoms with Crippen LogP contribution in [0.15, 0.2) is 53.4 Å². The SMILES string of the molecule is COc1ccc(Oc2ccc(S(=O)(=O)CCN(O)C(=O)[C@@H]3COC(C)(C)O3)cc2)cc1. The molecule has 1 N–H and O–H groups in total. The molecule has 10 heteroatoms. The summed E-state index contributed by atoms with van der Waals surface area (Å²) in [6, 6.07) is 12.9. The van der Waals surface area contributed by atoms with Crippen LogP contribution >= 0.6 is 0 Å². The molecule has 1 atom stereocenters. The molecular formula is C21H25NO8S. The van der Waals surface area contributed by atoms with Gasteiger partial charge < -0.3 is 18.9 Å². The second-order valence-electron chi connectivity index (χ2n) is 7.35. The van der Waals surface area contributed by atoms with Crippen LogP contribution < -0.4 is 9.47 Å². The van der Waals surface area contributed by atoms with Crippen LogP contribution in [0.5, 0.6) is 17.2 Å². The average Bonchev–Trinajstić information content (AvgIpc) is 3.12. The number of sulfone groups is 1. The maximum atomic E-state index is 12.6. The standard InChI is InChI=1S/C21H25NO8S/c1-21(2)28-14-19(30-21)20(23)22(24)12-13-31(25,26)18-10-8-17(9-11-18)29-16-6-4-15(27-3)5-7-16/h4-11,19,24H,12-14H2,1-3H3/t19-/m0/s1. The van der Waals surface area contributed by atoms with Crippen LogP contribution in [0.1, 0.15) is 13.8 Å². The summed E-state index contributed by atoms with van der Waals surface area (Å²) in [5.74, 6) is -0.394. The van der Waals surface area contributed by atoms with Gasteiger partial charge in [-0.1, -0.05) is 0 Å². The smallest absolute Gasteiger partial charge is 0.277 e. The summed E-state index contributed by atoms with van der Waals surface area (Å²) in [4.78, 5) is 12.2. The summed E-state index contributed by atoms with van der Waals surface area (Å²) in [6.07, 6.45) is -0.975. The van der Waals surface area contributed by atoms with Crippen LogP contribution in [-0.2, 0) is 24.1 Å². The summed E-state index contributed by atoms with van der Waals surface area (Å²) < 4.78 is 46.6. The normalized spacial score (nSPS) is 17.9. The van der Waals surface area contributed by atoms with Gasteiger partial charge in [0.2, 0.25) is 0 Å². The van der Waals surface area contributed by atoms with E-state index in [9.17, 15) is 18.4 Å². The molecule has 1 fully saturated rings. The van der Waals surface area contributed by atoms with Crippen molar-refractivity contribution in [2.45, 2.75) is 30.6 Å². The second kappa shape index (κ2) is 9.23. The molecule has 1 heterocycles. The van der Waals surface area contributed by atoms with E-state index in [1.165, 1.54) is 24.3 Å². The molecule has 2 aromatic carbocycles. The van der Waals surface area contributed by atoms with Crippen LogP contribution in [0.4, 0.5) is 0 Å². The van der Waals surface area contributed by atoms with E-state index >= 15 is 0 Å².